The van der Waals surface area contributed by atoms with Gasteiger partial charge in [0, 0.05) is 11.0 Å². The van der Waals surface area contributed by atoms with Crippen LogP contribution in [-0.4, -0.2) is 25.2 Å². The maximum Gasteiger partial charge on any atom is 0.119 e. The van der Waals surface area contributed by atoms with Crippen molar-refractivity contribution in [3.63, 3.8) is 0 Å². The number of ether oxygens (including phenoxy) is 1. The van der Waals surface area contributed by atoms with Gasteiger partial charge in [0.1, 0.15) is 5.75 Å². The van der Waals surface area contributed by atoms with Crippen molar-refractivity contribution < 1.29 is 4.74 Å². The van der Waals surface area contributed by atoms with Gasteiger partial charge < -0.3 is 10.1 Å². The van der Waals surface area contributed by atoms with E-state index in [0.717, 1.165) is 48.5 Å². The first-order valence-corrected chi connectivity index (χ1v) is 8.57. The lowest BCUT2D eigenvalue weighted by Crippen LogP contribution is -2.14. The Morgan fingerprint density at radius 3 is 2.94 bits per heavy atom. The molecule has 0 atom stereocenters. The maximum absolute atomic E-state index is 5.75. The fraction of sp³-hybridized carbons (Fsp3) is 0.571. The van der Waals surface area contributed by atoms with Gasteiger partial charge in [-0.15, -0.1) is 0 Å². The number of rotatable bonds is 9. The molecule has 0 unspecified atom stereocenters. The molecule has 1 aromatic carbocycles. The molecule has 0 saturated heterocycles. The van der Waals surface area contributed by atoms with Crippen molar-refractivity contribution in [3.8, 4) is 5.75 Å². The second kappa shape index (κ2) is 9.70. The lowest BCUT2D eigenvalue weighted by molar-refractivity contribution is 0.318. The summed E-state index contributed by atoms with van der Waals surface area (Å²) >= 11 is 5.44. The Morgan fingerprint density at radius 2 is 2.22 bits per heavy atom. The van der Waals surface area contributed by atoms with E-state index in [9.17, 15) is 0 Å². The fourth-order valence-electron chi connectivity index (χ4n) is 1.57. The van der Waals surface area contributed by atoms with Crippen molar-refractivity contribution in [2.45, 2.75) is 26.3 Å². The molecular weight excluding hydrogens is 310 g/mol. The number of hydrogen-bond donors (Lipinski definition) is 1. The van der Waals surface area contributed by atoms with Gasteiger partial charge in [-0.3, -0.25) is 0 Å². The Kier molecular flexibility index (Phi) is 8.55. The lowest BCUT2D eigenvalue weighted by atomic mass is 10.2. The number of thioether (sulfide) groups is 1. The van der Waals surface area contributed by atoms with Gasteiger partial charge in [-0.2, -0.15) is 11.8 Å². The Morgan fingerprint density at radius 1 is 1.39 bits per heavy atom. The smallest absolute Gasteiger partial charge is 0.119 e. The third-order valence-electron chi connectivity index (χ3n) is 2.52. The van der Waals surface area contributed by atoms with Gasteiger partial charge in [0.25, 0.3) is 0 Å². The molecule has 18 heavy (non-hydrogen) atoms. The summed E-state index contributed by atoms with van der Waals surface area (Å²) in [5, 5.41) is 3.41. The Balaban J connectivity index is 2.46. The fourth-order valence-corrected chi connectivity index (χ4v) is 2.36. The highest BCUT2D eigenvalue weighted by Crippen LogP contribution is 2.22. The molecule has 1 rings (SSSR count). The van der Waals surface area contributed by atoms with Gasteiger partial charge >= 0.3 is 0 Å². The van der Waals surface area contributed by atoms with Crippen LogP contribution in [-0.2, 0) is 6.54 Å². The number of halogens is 1. The summed E-state index contributed by atoms with van der Waals surface area (Å²) in [6.07, 6.45) is 4.38. The first-order chi connectivity index (χ1) is 8.77. The molecule has 2 nitrogen and oxygen atoms in total. The minimum absolute atomic E-state index is 0.796. The first-order valence-electron chi connectivity index (χ1n) is 6.38. The molecule has 0 heterocycles. The van der Waals surface area contributed by atoms with Crippen LogP contribution in [0, 0.1) is 0 Å². The summed E-state index contributed by atoms with van der Waals surface area (Å²) < 4.78 is 6.89. The lowest BCUT2D eigenvalue weighted by Gasteiger charge is -2.10. The van der Waals surface area contributed by atoms with Gasteiger partial charge in [0.2, 0.25) is 0 Å². The van der Waals surface area contributed by atoms with E-state index in [1.807, 2.05) is 17.8 Å². The molecule has 102 valence electrons. The van der Waals surface area contributed by atoms with Crippen LogP contribution >= 0.6 is 27.7 Å². The highest BCUT2D eigenvalue weighted by atomic mass is 79.9. The molecule has 0 saturated carbocycles. The topological polar surface area (TPSA) is 21.3 Å². The summed E-state index contributed by atoms with van der Waals surface area (Å²) in [6, 6.07) is 6.20. The molecule has 0 aliphatic rings. The molecule has 0 bridgehead atoms. The normalized spacial score (nSPS) is 10.6. The van der Waals surface area contributed by atoms with E-state index in [0.29, 0.717) is 0 Å². The van der Waals surface area contributed by atoms with Gasteiger partial charge in [0.15, 0.2) is 0 Å². The zero-order valence-corrected chi connectivity index (χ0v) is 13.6. The Labute approximate surface area is 123 Å². The van der Waals surface area contributed by atoms with Gasteiger partial charge in [-0.1, -0.05) is 22.9 Å². The SMILES string of the molecule is CCCNCc1cc(OCCCSC)ccc1Br. The van der Waals surface area contributed by atoms with E-state index in [1.165, 1.54) is 5.56 Å². The molecule has 0 spiro atoms. The van der Waals surface area contributed by atoms with Gasteiger partial charge in [-0.25, -0.2) is 0 Å². The van der Waals surface area contributed by atoms with Crippen LogP contribution < -0.4 is 10.1 Å². The summed E-state index contributed by atoms with van der Waals surface area (Å²) in [7, 11) is 0. The van der Waals surface area contributed by atoms with Crippen LogP contribution in [0.1, 0.15) is 25.3 Å². The largest absolute Gasteiger partial charge is 0.494 e. The molecule has 4 heteroatoms. The Bertz CT molecular complexity index is 347. The van der Waals surface area contributed by atoms with E-state index in [1.54, 1.807) is 0 Å². The predicted octanol–water partition coefficient (Wildman–Crippen LogP) is 4.08. The van der Waals surface area contributed by atoms with Crippen molar-refractivity contribution >= 4 is 27.7 Å². The third kappa shape index (κ3) is 6.12. The molecule has 0 radical (unpaired) electrons. The van der Waals surface area contributed by atoms with E-state index < -0.39 is 0 Å². The van der Waals surface area contributed by atoms with Crippen molar-refractivity contribution in [1.29, 1.82) is 0 Å². The molecule has 1 N–H and O–H groups in total. The maximum atomic E-state index is 5.75. The molecule has 0 aliphatic heterocycles. The van der Waals surface area contributed by atoms with Crippen molar-refractivity contribution in [3.05, 3.63) is 28.2 Å². The van der Waals surface area contributed by atoms with Gasteiger partial charge in [0.05, 0.1) is 6.61 Å². The summed E-state index contributed by atoms with van der Waals surface area (Å²) in [5.41, 5.74) is 1.26. The van der Waals surface area contributed by atoms with E-state index in [4.69, 9.17) is 4.74 Å². The van der Waals surface area contributed by atoms with E-state index >= 15 is 0 Å². The molecular formula is C14H22BrNOS. The molecule has 0 aromatic heterocycles. The van der Waals surface area contributed by atoms with Crippen molar-refractivity contribution in [1.82, 2.24) is 5.32 Å². The van der Waals surface area contributed by atoms with Gasteiger partial charge in [-0.05, 0) is 55.2 Å². The zero-order chi connectivity index (χ0) is 13.2. The second-order valence-corrected chi connectivity index (χ2v) is 5.96. The zero-order valence-electron chi connectivity index (χ0n) is 11.2. The van der Waals surface area contributed by atoms with Crippen LogP contribution in [0.25, 0.3) is 0 Å². The minimum atomic E-state index is 0.796. The average Bonchev–Trinajstić information content (AvgIpc) is 2.38. The summed E-state index contributed by atoms with van der Waals surface area (Å²) in [4.78, 5) is 0. The molecule has 1 aromatic rings. The second-order valence-electron chi connectivity index (χ2n) is 4.12. The number of hydrogen-bond acceptors (Lipinski definition) is 3. The number of benzene rings is 1. The van der Waals surface area contributed by atoms with Crippen LogP contribution in [0.5, 0.6) is 5.75 Å². The van der Waals surface area contributed by atoms with Crippen LogP contribution in [0.3, 0.4) is 0 Å². The average molecular weight is 332 g/mol. The molecule has 0 aliphatic carbocycles. The summed E-state index contributed by atoms with van der Waals surface area (Å²) in [6.45, 7) is 4.90. The number of nitrogens with one attached hydrogen (secondary N) is 1. The predicted molar refractivity (Wildman–Crippen MR) is 84.6 cm³/mol. The molecule has 0 amide bonds. The van der Waals surface area contributed by atoms with Crippen LogP contribution in [0.2, 0.25) is 0 Å². The van der Waals surface area contributed by atoms with Crippen molar-refractivity contribution in [2.75, 3.05) is 25.2 Å². The van der Waals surface area contributed by atoms with Crippen LogP contribution in [0.4, 0.5) is 0 Å². The monoisotopic (exact) mass is 331 g/mol. The third-order valence-corrected chi connectivity index (χ3v) is 3.99. The minimum Gasteiger partial charge on any atom is -0.494 e. The molecule has 0 fully saturated rings. The Hall–Kier alpha value is -0.190. The van der Waals surface area contributed by atoms with Crippen molar-refractivity contribution in [2.24, 2.45) is 0 Å². The standard InChI is InChI=1S/C14H22BrNOS/c1-3-7-16-11-12-10-13(5-6-14(12)15)17-8-4-9-18-2/h5-6,10,16H,3-4,7-9,11H2,1-2H3. The van der Waals surface area contributed by atoms with E-state index in [-0.39, 0.29) is 0 Å². The highest BCUT2D eigenvalue weighted by Gasteiger charge is 2.02. The first kappa shape index (κ1) is 15.9. The quantitative estimate of drug-likeness (QED) is 0.689. The van der Waals surface area contributed by atoms with Crippen LogP contribution in [0.15, 0.2) is 22.7 Å². The summed E-state index contributed by atoms with van der Waals surface area (Å²) in [5.74, 6) is 2.12. The van der Waals surface area contributed by atoms with E-state index in [2.05, 4.69) is 46.6 Å². The highest BCUT2D eigenvalue weighted by molar-refractivity contribution is 9.10.